The molecule has 130 valence electrons. The fourth-order valence-corrected chi connectivity index (χ4v) is 3.33. The van der Waals surface area contributed by atoms with E-state index >= 15 is 0 Å². The molecule has 3 rings (SSSR count). The van der Waals surface area contributed by atoms with E-state index in [1.165, 1.54) is 0 Å². The quantitative estimate of drug-likeness (QED) is 0.846. The van der Waals surface area contributed by atoms with Gasteiger partial charge in [0.25, 0.3) is 0 Å². The summed E-state index contributed by atoms with van der Waals surface area (Å²) in [5.74, 6) is 0.503. The Morgan fingerprint density at radius 2 is 2.29 bits per heavy atom. The summed E-state index contributed by atoms with van der Waals surface area (Å²) in [6.45, 7) is 5.72. The van der Waals surface area contributed by atoms with Crippen LogP contribution in [0.25, 0.3) is 5.65 Å². The minimum absolute atomic E-state index is 0.146. The molecule has 1 fully saturated rings. The highest BCUT2D eigenvalue weighted by atomic mass is 16.5. The van der Waals surface area contributed by atoms with Gasteiger partial charge in [0.05, 0.1) is 25.3 Å². The Morgan fingerprint density at radius 3 is 3.08 bits per heavy atom. The SMILES string of the molecule is Cc1cccn2c(CC(=O)N3CCOC[C@H](CN(C)C)C3)cnc12. The van der Waals surface area contributed by atoms with Crippen LogP contribution in [0.5, 0.6) is 0 Å². The predicted molar refractivity (Wildman–Crippen MR) is 93.1 cm³/mol. The number of amides is 1. The molecule has 6 heteroatoms. The van der Waals surface area contributed by atoms with Crippen molar-refractivity contribution >= 4 is 11.6 Å². The van der Waals surface area contributed by atoms with Crippen molar-refractivity contribution in [3.63, 3.8) is 0 Å². The van der Waals surface area contributed by atoms with Crippen LogP contribution in [-0.4, -0.2) is 72.0 Å². The molecule has 2 aromatic heterocycles. The van der Waals surface area contributed by atoms with Gasteiger partial charge < -0.3 is 18.9 Å². The molecule has 0 aliphatic carbocycles. The van der Waals surface area contributed by atoms with E-state index in [9.17, 15) is 4.79 Å². The summed E-state index contributed by atoms with van der Waals surface area (Å²) in [6, 6.07) is 4.02. The number of ether oxygens (including phenoxy) is 1. The molecule has 0 unspecified atom stereocenters. The van der Waals surface area contributed by atoms with E-state index in [4.69, 9.17) is 4.74 Å². The highest BCUT2D eigenvalue weighted by Gasteiger charge is 2.23. The first-order valence-corrected chi connectivity index (χ1v) is 8.46. The average molecular weight is 330 g/mol. The maximum atomic E-state index is 12.8. The summed E-state index contributed by atoms with van der Waals surface area (Å²) >= 11 is 0. The second kappa shape index (κ2) is 7.32. The summed E-state index contributed by atoms with van der Waals surface area (Å²) in [5.41, 5.74) is 2.98. The largest absolute Gasteiger partial charge is 0.379 e. The number of carbonyl (C=O) groups excluding carboxylic acids is 1. The van der Waals surface area contributed by atoms with Gasteiger partial charge in [-0.05, 0) is 32.6 Å². The zero-order valence-electron chi connectivity index (χ0n) is 14.7. The smallest absolute Gasteiger partial charge is 0.228 e. The van der Waals surface area contributed by atoms with Gasteiger partial charge in [-0.25, -0.2) is 4.98 Å². The minimum Gasteiger partial charge on any atom is -0.379 e. The molecule has 0 radical (unpaired) electrons. The first kappa shape index (κ1) is 16.9. The second-order valence-electron chi connectivity index (χ2n) is 6.85. The van der Waals surface area contributed by atoms with Gasteiger partial charge in [-0.2, -0.15) is 0 Å². The minimum atomic E-state index is 0.146. The molecule has 3 heterocycles. The molecule has 0 saturated carbocycles. The average Bonchev–Trinajstić information content (AvgIpc) is 2.79. The monoisotopic (exact) mass is 330 g/mol. The highest BCUT2D eigenvalue weighted by molar-refractivity contribution is 5.78. The maximum absolute atomic E-state index is 12.8. The molecular formula is C18H26N4O2. The number of rotatable bonds is 4. The second-order valence-corrected chi connectivity index (χ2v) is 6.85. The number of hydrogen-bond acceptors (Lipinski definition) is 4. The molecule has 0 aromatic carbocycles. The normalized spacial score (nSPS) is 19.0. The molecule has 6 nitrogen and oxygen atoms in total. The van der Waals surface area contributed by atoms with Crippen LogP contribution in [0.15, 0.2) is 24.5 Å². The Labute approximate surface area is 143 Å². The van der Waals surface area contributed by atoms with Crippen LogP contribution in [0.4, 0.5) is 0 Å². The lowest BCUT2D eigenvalue weighted by molar-refractivity contribution is -0.131. The van der Waals surface area contributed by atoms with E-state index in [1.807, 2.05) is 40.8 Å². The molecule has 0 bridgehead atoms. The lowest BCUT2D eigenvalue weighted by Gasteiger charge is -2.25. The number of aryl methyl sites for hydroxylation is 1. The third kappa shape index (κ3) is 3.76. The van der Waals surface area contributed by atoms with Crippen molar-refractivity contribution in [1.82, 2.24) is 19.2 Å². The summed E-state index contributed by atoms with van der Waals surface area (Å²) < 4.78 is 7.68. The van der Waals surface area contributed by atoms with Crippen molar-refractivity contribution in [3.05, 3.63) is 35.8 Å². The molecule has 2 aromatic rings. The van der Waals surface area contributed by atoms with Crippen LogP contribution in [0, 0.1) is 12.8 Å². The van der Waals surface area contributed by atoms with E-state index < -0.39 is 0 Å². The van der Waals surface area contributed by atoms with Gasteiger partial charge in [-0.1, -0.05) is 6.07 Å². The van der Waals surface area contributed by atoms with Crippen molar-refractivity contribution in [2.75, 3.05) is 46.9 Å². The molecule has 1 atom stereocenters. The van der Waals surface area contributed by atoms with Crippen LogP contribution in [0.2, 0.25) is 0 Å². The first-order chi connectivity index (χ1) is 11.5. The van der Waals surface area contributed by atoms with Crippen LogP contribution >= 0.6 is 0 Å². The van der Waals surface area contributed by atoms with Crippen molar-refractivity contribution < 1.29 is 9.53 Å². The summed E-state index contributed by atoms with van der Waals surface area (Å²) in [5, 5.41) is 0. The van der Waals surface area contributed by atoms with E-state index in [1.54, 1.807) is 0 Å². The fraction of sp³-hybridized carbons (Fsp3) is 0.556. The Kier molecular flexibility index (Phi) is 5.16. The van der Waals surface area contributed by atoms with Crippen LogP contribution in [0.1, 0.15) is 11.3 Å². The number of fused-ring (bicyclic) bond motifs is 1. The highest BCUT2D eigenvalue weighted by Crippen LogP contribution is 2.14. The Morgan fingerprint density at radius 1 is 1.46 bits per heavy atom. The molecule has 1 aliphatic heterocycles. The van der Waals surface area contributed by atoms with Gasteiger partial charge in [-0.3, -0.25) is 4.79 Å². The van der Waals surface area contributed by atoms with E-state index in [0.29, 0.717) is 25.5 Å². The first-order valence-electron chi connectivity index (χ1n) is 8.46. The maximum Gasteiger partial charge on any atom is 0.228 e. The van der Waals surface area contributed by atoms with Gasteiger partial charge in [0.2, 0.25) is 5.91 Å². The molecule has 24 heavy (non-hydrogen) atoms. The molecule has 1 amide bonds. The number of pyridine rings is 1. The fourth-order valence-electron chi connectivity index (χ4n) is 3.33. The Balaban J connectivity index is 1.72. The van der Waals surface area contributed by atoms with E-state index in [2.05, 4.69) is 24.0 Å². The van der Waals surface area contributed by atoms with Gasteiger partial charge >= 0.3 is 0 Å². The van der Waals surface area contributed by atoms with Crippen molar-refractivity contribution in [2.24, 2.45) is 5.92 Å². The van der Waals surface area contributed by atoms with Gasteiger partial charge in [0, 0.05) is 37.9 Å². The molecule has 1 aliphatic rings. The molecular weight excluding hydrogens is 304 g/mol. The van der Waals surface area contributed by atoms with E-state index in [0.717, 1.165) is 36.6 Å². The standard InChI is InChI=1S/C18H26N4O2/c1-14-5-4-6-22-16(10-19-18(14)22)9-17(23)21-7-8-24-13-15(12-21)11-20(2)3/h4-6,10,15H,7-9,11-13H2,1-3H3/t15-/m1/s1. The van der Waals surface area contributed by atoms with Crippen LogP contribution < -0.4 is 0 Å². The number of nitrogens with zero attached hydrogens (tertiary/aromatic N) is 4. The van der Waals surface area contributed by atoms with Gasteiger partial charge in [0.1, 0.15) is 5.65 Å². The molecule has 0 spiro atoms. The number of hydrogen-bond donors (Lipinski definition) is 0. The van der Waals surface area contributed by atoms with Crippen LogP contribution in [0.3, 0.4) is 0 Å². The van der Waals surface area contributed by atoms with Crippen molar-refractivity contribution in [1.29, 1.82) is 0 Å². The zero-order valence-corrected chi connectivity index (χ0v) is 14.7. The Bertz CT molecular complexity index is 710. The summed E-state index contributed by atoms with van der Waals surface area (Å²) in [4.78, 5) is 21.3. The van der Waals surface area contributed by atoms with Crippen molar-refractivity contribution in [2.45, 2.75) is 13.3 Å². The summed E-state index contributed by atoms with van der Waals surface area (Å²) in [6.07, 6.45) is 4.16. The summed E-state index contributed by atoms with van der Waals surface area (Å²) in [7, 11) is 4.11. The number of imidazole rings is 1. The van der Waals surface area contributed by atoms with Gasteiger partial charge in [0.15, 0.2) is 0 Å². The predicted octanol–water partition coefficient (Wildman–Crippen LogP) is 1.22. The lowest BCUT2D eigenvalue weighted by Crippen LogP contribution is -2.39. The van der Waals surface area contributed by atoms with Gasteiger partial charge in [-0.15, -0.1) is 0 Å². The molecule has 0 N–H and O–H groups in total. The van der Waals surface area contributed by atoms with Crippen molar-refractivity contribution in [3.8, 4) is 0 Å². The lowest BCUT2D eigenvalue weighted by atomic mass is 10.1. The third-order valence-electron chi connectivity index (χ3n) is 4.45. The molecule has 1 saturated heterocycles. The third-order valence-corrected chi connectivity index (χ3v) is 4.45. The number of carbonyl (C=O) groups is 1. The topological polar surface area (TPSA) is 50.1 Å². The zero-order chi connectivity index (χ0) is 17.1. The Hall–Kier alpha value is -1.92. The number of aromatic nitrogens is 2. The van der Waals surface area contributed by atoms with E-state index in [-0.39, 0.29) is 5.91 Å². The van der Waals surface area contributed by atoms with Crippen LogP contribution in [-0.2, 0) is 16.0 Å².